The fraction of sp³-hybridized carbons (Fsp3) is 0.875. The SMILES string of the molecule is Cl.O=C(O)[C@]12CCC[C@H]1NCC2. The first kappa shape index (κ1) is 9.81. The molecule has 2 rings (SSSR count). The van der Waals surface area contributed by atoms with E-state index in [1.165, 1.54) is 0 Å². The summed E-state index contributed by atoms with van der Waals surface area (Å²) in [7, 11) is 0. The van der Waals surface area contributed by atoms with Crippen molar-refractivity contribution in [1.29, 1.82) is 0 Å². The van der Waals surface area contributed by atoms with E-state index in [0.29, 0.717) is 0 Å². The molecule has 70 valence electrons. The Kier molecular flexibility index (Phi) is 2.64. The predicted octanol–water partition coefficient (Wildman–Crippen LogP) is 1.02. The zero-order valence-corrected chi connectivity index (χ0v) is 7.69. The average molecular weight is 192 g/mol. The highest BCUT2D eigenvalue weighted by Crippen LogP contribution is 2.44. The summed E-state index contributed by atoms with van der Waals surface area (Å²) < 4.78 is 0. The van der Waals surface area contributed by atoms with Crippen LogP contribution in [0.25, 0.3) is 0 Å². The molecule has 12 heavy (non-hydrogen) atoms. The smallest absolute Gasteiger partial charge is 0.311 e. The lowest BCUT2D eigenvalue weighted by molar-refractivity contribution is -0.148. The summed E-state index contributed by atoms with van der Waals surface area (Å²) in [6, 6.07) is 0.264. The van der Waals surface area contributed by atoms with Crippen LogP contribution in [0.5, 0.6) is 0 Å². The molecule has 0 radical (unpaired) electrons. The molecule has 3 nitrogen and oxygen atoms in total. The third kappa shape index (κ3) is 1.12. The minimum atomic E-state index is -0.593. The second-order valence-corrected chi connectivity index (χ2v) is 3.61. The van der Waals surface area contributed by atoms with Crippen molar-refractivity contribution in [2.24, 2.45) is 5.41 Å². The molecule has 1 heterocycles. The molecule has 0 amide bonds. The number of rotatable bonds is 1. The number of fused-ring (bicyclic) bond motifs is 1. The fourth-order valence-electron chi connectivity index (χ4n) is 2.50. The van der Waals surface area contributed by atoms with Gasteiger partial charge in [-0.1, -0.05) is 6.42 Å². The van der Waals surface area contributed by atoms with Gasteiger partial charge >= 0.3 is 5.97 Å². The van der Waals surface area contributed by atoms with Gasteiger partial charge in [0.05, 0.1) is 5.41 Å². The van der Waals surface area contributed by atoms with Gasteiger partial charge in [-0.15, -0.1) is 12.4 Å². The van der Waals surface area contributed by atoms with Gasteiger partial charge in [-0.25, -0.2) is 0 Å². The Morgan fingerprint density at radius 2 is 2.25 bits per heavy atom. The van der Waals surface area contributed by atoms with Crippen molar-refractivity contribution >= 4 is 18.4 Å². The van der Waals surface area contributed by atoms with Crippen molar-refractivity contribution in [2.45, 2.75) is 31.7 Å². The molecule has 2 atom stereocenters. The number of halogens is 1. The number of hydrogen-bond acceptors (Lipinski definition) is 2. The molecule has 0 aromatic heterocycles. The molecule has 4 heteroatoms. The quantitative estimate of drug-likeness (QED) is 0.651. The molecule has 2 fully saturated rings. The lowest BCUT2D eigenvalue weighted by Gasteiger charge is -2.22. The summed E-state index contributed by atoms with van der Waals surface area (Å²) in [5.41, 5.74) is -0.389. The zero-order chi connectivity index (χ0) is 7.90. The van der Waals surface area contributed by atoms with E-state index in [-0.39, 0.29) is 23.9 Å². The molecule has 2 aliphatic rings. The van der Waals surface area contributed by atoms with Crippen LogP contribution in [0.1, 0.15) is 25.7 Å². The largest absolute Gasteiger partial charge is 0.481 e. The molecular formula is C8H14ClNO2. The van der Waals surface area contributed by atoms with Crippen LogP contribution in [0, 0.1) is 5.41 Å². The highest BCUT2D eigenvalue weighted by Gasteiger charge is 2.51. The third-order valence-corrected chi connectivity index (χ3v) is 3.17. The van der Waals surface area contributed by atoms with Gasteiger partial charge in [0.1, 0.15) is 0 Å². The molecule has 1 saturated heterocycles. The summed E-state index contributed by atoms with van der Waals surface area (Å²) >= 11 is 0. The van der Waals surface area contributed by atoms with Gasteiger partial charge in [-0.3, -0.25) is 4.79 Å². The van der Waals surface area contributed by atoms with Crippen LogP contribution in [0.2, 0.25) is 0 Å². The van der Waals surface area contributed by atoms with E-state index < -0.39 is 5.97 Å². The Balaban J connectivity index is 0.000000720. The average Bonchev–Trinajstić information content (AvgIpc) is 2.40. The van der Waals surface area contributed by atoms with Gasteiger partial charge in [0, 0.05) is 6.04 Å². The number of carbonyl (C=O) groups is 1. The third-order valence-electron chi connectivity index (χ3n) is 3.17. The molecule has 1 aliphatic carbocycles. The summed E-state index contributed by atoms with van der Waals surface area (Å²) in [5.74, 6) is -0.593. The molecule has 0 aromatic rings. The van der Waals surface area contributed by atoms with E-state index in [1.807, 2.05) is 0 Å². The minimum absolute atomic E-state index is 0. The number of carboxylic acid groups (broad SMARTS) is 1. The predicted molar refractivity (Wildman–Crippen MR) is 47.6 cm³/mol. The van der Waals surface area contributed by atoms with E-state index in [4.69, 9.17) is 5.11 Å². The molecular weight excluding hydrogens is 178 g/mol. The summed E-state index contributed by atoms with van der Waals surface area (Å²) in [6.07, 6.45) is 3.82. The van der Waals surface area contributed by atoms with Crippen molar-refractivity contribution in [3.63, 3.8) is 0 Å². The van der Waals surface area contributed by atoms with E-state index in [1.54, 1.807) is 0 Å². The maximum atomic E-state index is 11.0. The van der Waals surface area contributed by atoms with E-state index in [0.717, 1.165) is 32.2 Å². The van der Waals surface area contributed by atoms with Gasteiger partial charge in [-0.05, 0) is 25.8 Å². The molecule has 1 aliphatic heterocycles. The van der Waals surface area contributed by atoms with E-state index in [2.05, 4.69) is 5.32 Å². The second-order valence-electron chi connectivity index (χ2n) is 3.61. The van der Waals surface area contributed by atoms with Crippen LogP contribution in [0.3, 0.4) is 0 Å². The summed E-state index contributed by atoms with van der Waals surface area (Å²) in [6.45, 7) is 0.886. The highest BCUT2D eigenvalue weighted by atomic mass is 35.5. The Labute approximate surface area is 77.9 Å². The molecule has 0 unspecified atom stereocenters. The van der Waals surface area contributed by atoms with Gasteiger partial charge in [0.15, 0.2) is 0 Å². The van der Waals surface area contributed by atoms with Crippen LogP contribution in [-0.2, 0) is 4.79 Å². The second kappa shape index (κ2) is 3.23. The molecule has 2 N–H and O–H groups in total. The highest BCUT2D eigenvalue weighted by molar-refractivity contribution is 5.85. The molecule has 1 saturated carbocycles. The van der Waals surface area contributed by atoms with Gasteiger partial charge in [-0.2, -0.15) is 0 Å². The van der Waals surface area contributed by atoms with Gasteiger partial charge in [0.25, 0.3) is 0 Å². The number of hydrogen-bond donors (Lipinski definition) is 2. The Morgan fingerprint density at radius 3 is 2.83 bits per heavy atom. The maximum Gasteiger partial charge on any atom is 0.311 e. The first-order valence-corrected chi connectivity index (χ1v) is 4.22. The number of nitrogens with one attached hydrogen (secondary N) is 1. The standard InChI is InChI=1S/C8H13NO2.ClH/c10-7(11)8-3-1-2-6(8)9-5-4-8;/h6,9H,1-5H2,(H,10,11);1H/t6-,8+;/m1./s1. The van der Waals surface area contributed by atoms with Gasteiger partial charge in [0.2, 0.25) is 0 Å². The van der Waals surface area contributed by atoms with Crippen molar-refractivity contribution in [1.82, 2.24) is 5.32 Å². The topological polar surface area (TPSA) is 49.3 Å². The van der Waals surface area contributed by atoms with E-state index >= 15 is 0 Å². The Morgan fingerprint density at radius 1 is 1.50 bits per heavy atom. The Bertz CT molecular complexity index is 185. The van der Waals surface area contributed by atoms with Crippen LogP contribution in [-0.4, -0.2) is 23.7 Å². The van der Waals surface area contributed by atoms with Crippen molar-refractivity contribution in [3.05, 3.63) is 0 Å². The fourth-order valence-corrected chi connectivity index (χ4v) is 2.50. The van der Waals surface area contributed by atoms with Crippen LogP contribution >= 0.6 is 12.4 Å². The van der Waals surface area contributed by atoms with Crippen LogP contribution in [0.4, 0.5) is 0 Å². The van der Waals surface area contributed by atoms with Crippen molar-refractivity contribution < 1.29 is 9.90 Å². The first-order chi connectivity index (χ1) is 5.26. The maximum absolute atomic E-state index is 11.0. The lowest BCUT2D eigenvalue weighted by atomic mass is 9.83. The Hall–Kier alpha value is -0.280. The normalized spacial score (nSPS) is 38.8. The van der Waals surface area contributed by atoms with E-state index in [9.17, 15) is 4.79 Å². The molecule has 0 bridgehead atoms. The summed E-state index contributed by atoms with van der Waals surface area (Å²) in [4.78, 5) is 11.0. The van der Waals surface area contributed by atoms with Crippen molar-refractivity contribution in [2.75, 3.05) is 6.54 Å². The van der Waals surface area contributed by atoms with Crippen molar-refractivity contribution in [3.8, 4) is 0 Å². The van der Waals surface area contributed by atoms with Gasteiger partial charge < -0.3 is 10.4 Å². The summed E-state index contributed by atoms with van der Waals surface area (Å²) in [5, 5.41) is 12.3. The number of aliphatic carboxylic acids is 1. The van der Waals surface area contributed by atoms with Crippen LogP contribution < -0.4 is 5.32 Å². The monoisotopic (exact) mass is 191 g/mol. The van der Waals surface area contributed by atoms with Crippen LogP contribution in [0.15, 0.2) is 0 Å². The lowest BCUT2D eigenvalue weighted by Crippen LogP contribution is -2.38. The number of carboxylic acids is 1. The zero-order valence-electron chi connectivity index (χ0n) is 6.88. The first-order valence-electron chi connectivity index (χ1n) is 4.22. The minimum Gasteiger partial charge on any atom is -0.481 e. The molecule has 0 spiro atoms. The molecule has 0 aromatic carbocycles.